The van der Waals surface area contributed by atoms with E-state index in [1.807, 2.05) is 65.9 Å². The second-order valence-corrected chi connectivity index (χ2v) is 11.3. The third kappa shape index (κ3) is 6.66. The molecule has 0 fully saturated rings. The minimum atomic E-state index is -0.0740. The highest BCUT2D eigenvalue weighted by atomic mass is 16.3. The summed E-state index contributed by atoms with van der Waals surface area (Å²) in [5.41, 5.74) is 22.5. The predicted molar refractivity (Wildman–Crippen MR) is 199 cm³/mol. The molecular weight excluding hydrogens is 576 g/mol. The van der Waals surface area contributed by atoms with Gasteiger partial charge in [0.15, 0.2) is 5.58 Å². The second kappa shape index (κ2) is 13.9. The third-order valence-corrected chi connectivity index (χ3v) is 8.17. The average molecular weight is 615 g/mol. The van der Waals surface area contributed by atoms with E-state index in [1.54, 1.807) is 6.08 Å². The summed E-state index contributed by atoms with van der Waals surface area (Å²) in [6.45, 7) is 12.2. The first-order valence-corrected chi connectivity index (χ1v) is 15.5. The zero-order valence-corrected chi connectivity index (χ0v) is 26.3. The number of nitrogens with two attached hydrogens (primary N) is 2. The van der Waals surface area contributed by atoms with Gasteiger partial charge in [-0.2, -0.15) is 0 Å². The quantitative estimate of drug-likeness (QED) is 0.108. The van der Waals surface area contributed by atoms with Crippen LogP contribution in [0.2, 0.25) is 0 Å². The van der Waals surface area contributed by atoms with Crippen molar-refractivity contribution in [3.8, 4) is 0 Å². The summed E-state index contributed by atoms with van der Waals surface area (Å²) in [6, 6.07) is 31.5. The lowest BCUT2D eigenvalue weighted by Gasteiger charge is -2.19. The summed E-state index contributed by atoms with van der Waals surface area (Å²) in [4.78, 5) is 2.01. The predicted octanol–water partition coefficient (Wildman–Crippen LogP) is 9.27. The minimum absolute atomic E-state index is 0.0740. The maximum atomic E-state index is 6.52. The van der Waals surface area contributed by atoms with Crippen LogP contribution in [0.1, 0.15) is 28.2 Å². The molecule has 5 heteroatoms. The van der Waals surface area contributed by atoms with Gasteiger partial charge in [-0.05, 0) is 82.0 Å². The van der Waals surface area contributed by atoms with Gasteiger partial charge in [-0.25, -0.2) is 0 Å². The summed E-state index contributed by atoms with van der Waals surface area (Å²) in [5.74, 6) is -0.0740. The van der Waals surface area contributed by atoms with E-state index in [0.717, 1.165) is 66.7 Å². The van der Waals surface area contributed by atoms with Crippen molar-refractivity contribution >= 4 is 38.9 Å². The third-order valence-electron chi connectivity index (χ3n) is 8.17. The van der Waals surface area contributed by atoms with Crippen LogP contribution >= 0.6 is 0 Å². The molecule has 0 bridgehead atoms. The van der Waals surface area contributed by atoms with Crippen molar-refractivity contribution in [3.05, 3.63) is 199 Å². The largest absolute Gasteiger partial charge is 0.454 e. The summed E-state index contributed by atoms with van der Waals surface area (Å²) in [6.07, 6.45) is 17.4. The van der Waals surface area contributed by atoms with Gasteiger partial charge >= 0.3 is 0 Å². The van der Waals surface area contributed by atoms with Gasteiger partial charge in [0, 0.05) is 40.5 Å². The molecule has 232 valence electrons. The Balaban J connectivity index is 1.48. The van der Waals surface area contributed by atoms with Crippen LogP contribution in [0.25, 0.3) is 33.2 Å². The van der Waals surface area contributed by atoms with E-state index >= 15 is 0 Å². The lowest BCUT2D eigenvalue weighted by Crippen LogP contribution is -2.21. The Labute approximate surface area is 276 Å². The van der Waals surface area contributed by atoms with E-state index in [2.05, 4.69) is 104 Å². The van der Waals surface area contributed by atoms with E-state index in [9.17, 15) is 0 Å². The Hall–Kier alpha value is -6.04. The molecule has 1 unspecified atom stereocenters. The van der Waals surface area contributed by atoms with Gasteiger partial charge in [-0.1, -0.05) is 105 Å². The number of benzene rings is 4. The number of furan rings is 1. The SMILES string of the molecule is C=C/C=C(\C=C)c1cccc(/C(=C/C(c2ccccc2)c2ccc3oc4c(N5/C=C\C(=C)/C=C(N)\C=C/5)cccc4c3c2)NCN)c1. The summed E-state index contributed by atoms with van der Waals surface area (Å²) < 4.78 is 6.52. The lowest BCUT2D eigenvalue weighted by molar-refractivity contribution is 0.668. The number of anilines is 1. The van der Waals surface area contributed by atoms with E-state index in [1.165, 1.54) is 0 Å². The number of hydrogen-bond acceptors (Lipinski definition) is 5. The number of hydrogen-bond donors (Lipinski definition) is 3. The van der Waals surface area contributed by atoms with Crippen molar-refractivity contribution in [2.45, 2.75) is 5.92 Å². The second-order valence-electron chi connectivity index (χ2n) is 11.3. The van der Waals surface area contributed by atoms with Crippen molar-refractivity contribution < 1.29 is 4.42 Å². The fraction of sp³-hybridized carbons (Fsp3) is 0.0476. The monoisotopic (exact) mass is 614 g/mol. The minimum Gasteiger partial charge on any atom is -0.454 e. The van der Waals surface area contributed by atoms with Crippen LogP contribution < -0.4 is 21.7 Å². The number of allylic oxidation sites excluding steroid dienone is 9. The Morgan fingerprint density at radius 2 is 1.64 bits per heavy atom. The molecule has 0 saturated carbocycles. The summed E-state index contributed by atoms with van der Waals surface area (Å²) in [7, 11) is 0. The van der Waals surface area contributed by atoms with E-state index in [-0.39, 0.29) is 12.6 Å². The molecule has 0 saturated heterocycles. The molecule has 5 aromatic rings. The van der Waals surface area contributed by atoms with Crippen LogP contribution in [-0.4, -0.2) is 6.67 Å². The van der Waals surface area contributed by atoms with Gasteiger partial charge in [0.2, 0.25) is 0 Å². The molecule has 5 nitrogen and oxygen atoms in total. The van der Waals surface area contributed by atoms with Gasteiger partial charge in [0.25, 0.3) is 0 Å². The topological polar surface area (TPSA) is 80.5 Å². The number of nitrogens with zero attached hydrogens (tertiary/aromatic N) is 1. The molecule has 0 aliphatic carbocycles. The molecule has 5 N–H and O–H groups in total. The average Bonchev–Trinajstić information content (AvgIpc) is 3.47. The molecule has 0 radical (unpaired) electrons. The lowest BCUT2D eigenvalue weighted by atomic mass is 9.88. The maximum absolute atomic E-state index is 6.52. The van der Waals surface area contributed by atoms with Crippen LogP contribution in [-0.2, 0) is 0 Å². The molecule has 0 amide bonds. The summed E-state index contributed by atoms with van der Waals surface area (Å²) in [5, 5.41) is 5.49. The zero-order valence-electron chi connectivity index (χ0n) is 26.3. The normalized spacial score (nSPS) is 17.0. The van der Waals surface area contributed by atoms with Crippen molar-refractivity contribution in [3.63, 3.8) is 0 Å². The fourth-order valence-electron chi connectivity index (χ4n) is 5.92. The molecule has 2 heterocycles. The molecule has 1 aliphatic rings. The Morgan fingerprint density at radius 3 is 2.43 bits per heavy atom. The highest BCUT2D eigenvalue weighted by molar-refractivity contribution is 6.09. The van der Waals surface area contributed by atoms with Crippen molar-refractivity contribution in [2.24, 2.45) is 11.5 Å². The van der Waals surface area contributed by atoms with Crippen LogP contribution in [0.5, 0.6) is 0 Å². The standard InChI is InChI=1S/C42H38N4O/c1-4-11-30(5-2)32-14-9-15-34(25-32)39(45-28-43)27-37(31-12-7-6-8-13-31)33-18-19-41-38(26-33)36-16-10-17-40(42(36)47-41)46-22-20-29(3)24-35(44)21-23-46/h4-27,37,45H,1-3,28,43-44H2/b22-20-,23-21-,30-11+,35-24+,39-27-. The smallest absolute Gasteiger partial charge is 0.159 e. The van der Waals surface area contributed by atoms with Crippen LogP contribution in [0.15, 0.2) is 181 Å². The van der Waals surface area contributed by atoms with E-state index in [4.69, 9.17) is 15.9 Å². The molecule has 4 aromatic carbocycles. The molecular formula is C42H38N4O. The highest BCUT2D eigenvalue weighted by Crippen LogP contribution is 2.39. The first kappa shape index (κ1) is 31.0. The first-order valence-electron chi connectivity index (χ1n) is 15.5. The number of para-hydroxylation sites is 1. The molecule has 6 rings (SSSR count). The van der Waals surface area contributed by atoms with E-state index < -0.39 is 0 Å². The van der Waals surface area contributed by atoms with Gasteiger partial charge in [0.1, 0.15) is 5.58 Å². The molecule has 1 atom stereocenters. The first-order chi connectivity index (χ1) is 23.0. The Morgan fingerprint density at radius 1 is 0.851 bits per heavy atom. The van der Waals surface area contributed by atoms with Crippen molar-refractivity contribution in [1.29, 1.82) is 0 Å². The van der Waals surface area contributed by atoms with Gasteiger partial charge in [0.05, 0.1) is 12.4 Å². The number of rotatable bonds is 10. The zero-order chi connectivity index (χ0) is 32.8. The molecule has 0 spiro atoms. The van der Waals surface area contributed by atoms with Gasteiger partial charge in [-0.3, -0.25) is 0 Å². The van der Waals surface area contributed by atoms with Gasteiger partial charge < -0.3 is 26.1 Å². The number of nitrogens with one attached hydrogen (secondary N) is 1. The molecule has 1 aliphatic heterocycles. The van der Waals surface area contributed by atoms with Crippen molar-refractivity contribution in [1.82, 2.24) is 5.32 Å². The Bertz CT molecular complexity index is 2120. The van der Waals surface area contributed by atoms with E-state index in [0.29, 0.717) is 5.70 Å². The molecule has 47 heavy (non-hydrogen) atoms. The number of fused-ring (bicyclic) bond motifs is 3. The molecule has 1 aromatic heterocycles. The van der Waals surface area contributed by atoms with Crippen molar-refractivity contribution in [2.75, 3.05) is 11.6 Å². The van der Waals surface area contributed by atoms with Crippen LogP contribution in [0, 0.1) is 0 Å². The highest BCUT2D eigenvalue weighted by Gasteiger charge is 2.19. The van der Waals surface area contributed by atoms with Crippen LogP contribution in [0.3, 0.4) is 0 Å². The Kier molecular flexibility index (Phi) is 9.18. The maximum Gasteiger partial charge on any atom is 0.159 e. The summed E-state index contributed by atoms with van der Waals surface area (Å²) >= 11 is 0. The van der Waals surface area contributed by atoms with Gasteiger partial charge in [-0.15, -0.1) is 0 Å². The van der Waals surface area contributed by atoms with Crippen LogP contribution in [0.4, 0.5) is 5.69 Å². The fourth-order valence-corrected chi connectivity index (χ4v) is 5.92.